The lowest BCUT2D eigenvalue weighted by Gasteiger charge is -2.09. The van der Waals surface area contributed by atoms with Gasteiger partial charge in [-0.1, -0.05) is 27.7 Å². The van der Waals surface area contributed by atoms with Crippen molar-refractivity contribution in [2.45, 2.75) is 27.7 Å². The van der Waals surface area contributed by atoms with E-state index in [4.69, 9.17) is 5.73 Å². The highest BCUT2D eigenvalue weighted by atomic mass is 79.9. The quantitative estimate of drug-likeness (QED) is 0.825. The Balaban J connectivity index is 2.06. The van der Waals surface area contributed by atoms with E-state index in [2.05, 4.69) is 48.9 Å². The molecule has 0 aromatic heterocycles. The maximum Gasteiger partial charge on any atom is 0.252 e. The van der Waals surface area contributed by atoms with Crippen LogP contribution >= 0.6 is 15.9 Å². The summed E-state index contributed by atoms with van der Waals surface area (Å²) < 4.78 is 13.7. The Hall–Kier alpha value is -1.10. The standard InChI is InChI=1S/C15H20BrFN2O/c1-14(2)12(15(14,3)4)7-19-13(20)8-5-11(18)10(17)6-9(8)16/h5-6,12H,7,18H2,1-4H3,(H,19,20). The van der Waals surface area contributed by atoms with Crippen molar-refractivity contribution in [1.82, 2.24) is 5.32 Å². The van der Waals surface area contributed by atoms with Gasteiger partial charge in [0.2, 0.25) is 0 Å². The van der Waals surface area contributed by atoms with Gasteiger partial charge < -0.3 is 11.1 Å². The highest BCUT2D eigenvalue weighted by molar-refractivity contribution is 9.10. The summed E-state index contributed by atoms with van der Waals surface area (Å²) in [6.45, 7) is 9.43. The predicted molar refractivity (Wildman–Crippen MR) is 81.9 cm³/mol. The second kappa shape index (κ2) is 4.72. The molecule has 0 bridgehead atoms. The summed E-state index contributed by atoms with van der Waals surface area (Å²) in [5.41, 5.74) is 6.29. The fraction of sp³-hybridized carbons (Fsp3) is 0.533. The molecule has 1 saturated carbocycles. The van der Waals surface area contributed by atoms with Gasteiger partial charge in [0.05, 0.1) is 11.3 Å². The largest absolute Gasteiger partial charge is 0.396 e. The van der Waals surface area contributed by atoms with Gasteiger partial charge in [0, 0.05) is 11.0 Å². The van der Waals surface area contributed by atoms with Gasteiger partial charge in [0.1, 0.15) is 5.82 Å². The minimum Gasteiger partial charge on any atom is -0.396 e. The third-order valence-electron chi connectivity index (χ3n) is 5.12. The maximum atomic E-state index is 13.3. The van der Waals surface area contributed by atoms with Crippen molar-refractivity contribution in [2.75, 3.05) is 12.3 Å². The molecule has 2 rings (SSSR count). The lowest BCUT2D eigenvalue weighted by atomic mass is 10.0. The van der Waals surface area contributed by atoms with E-state index in [9.17, 15) is 9.18 Å². The van der Waals surface area contributed by atoms with Gasteiger partial charge in [0.15, 0.2) is 0 Å². The number of amides is 1. The first-order valence-corrected chi connectivity index (χ1v) is 7.41. The molecule has 1 aromatic rings. The van der Waals surface area contributed by atoms with E-state index in [0.717, 1.165) is 0 Å². The van der Waals surface area contributed by atoms with Crippen molar-refractivity contribution >= 4 is 27.5 Å². The third kappa shape index (κ3) is 2.32. The van der Waals surface area contributed by atoms with Gasteiger partial charge >= 0.3 is 0 Å². The molecule has 0 heterocycles. The normalized spacial score (nSPS) is 19.7. The van der Waals surface area contributed by atoms with Crippen molar-refractivity contribution in [3.63, 3.8) is 0 Å². The van der Waals surface area contributed by atoms with E-state index in [1.165, 1.54) is 12.1 Å². The minimum absolute atomic E-state index is 0.0227. The molecular weight excluding hydrogens is 323 g/mol. The van der Waals surface area contributed by atoms with Crippen molar-refractivity contribution in [3.05, 3.63) is 28.0 Å². The number of hydrogen-bond donors (Lipinski definition) is 2. The second-order valence-corrected chi connectivity index (χ2v) is 7.41. The zero-order valence-electron chi connectivity index (χ0n) is 12.2. The van der Waals surface area contributed by atoms with E-state index in [1.807, 2.05) is 0 Å². The second-order valence-electron chi connectivity index (χ2n) is 6.56. The lowest BCUT2D eigenvalue weighted by Crippen LogP contribution is -2.27. The van der Waals surface area contributed by atoms with Crippen LogP contribution in [-0.2, 0) is 0 Å². The van der Waals surface area contributed by atoms with Gasteiger partial charge in [-0.15, -0.1) is 0 Å². The van der Waals surface area contributed by atoms with Gasteiger partial charge in [-0.3, -0.25) is 4.79 Å². The third-order valence-corrected chi connectivity index (χ3v) is 5.77. The number of carbonyl (C=O) groups excluding carboxylic acids is 1. The van der Waals surface area contributed by atoms with Crippen LogP contribution in [0.25, 0.3) is 0 Å². The predicted octanol–water partition coefficient (Wildman–Crippen LogP) is 3.58. The smallest absolute Gasteiger partial charge is 0.252 e. The zero-order valence-corrected chi connectivity index (χ0v) is 13.8. The average molecular weight is 343 g/mol. The molecule has 0 unspecified atom stereocenters. The molecule has 0 radical (unpaired) electrons. The van der Waals surface area contributed by atoms with Crippen LogP contribution < -0.4 is 11.1 Å². The van der Waals surface area contributed by atoms with Crippen LogP contribution in [0.5, 0.6) is 0 Å². The summed E-state index contributed by atoms with van der Waals surface area (Å²) >= 11 is 3.19. The van der Waals surface area contributed by atoms with Crippen LogP contribution in [0.3, 0.4) is 0 Å². The first kappa shape index (κ1) is 15.3. The number of carbonyl (C=O) groups is 1. The first-order valence-electron chi connectivity index (χ1n) is 6.61. The number of halogens is 2. The summed E-state index contributed by atoms with van der Waals surface area (Å²) in [6.07, 6.45) is 0. The highest BCUT2D eigenvalue weighted by Gasteiger charge is 2.64. The van der Waals surface area contributed by atoms with Crippen LogP contribution in [0.2, 0.25) is 0 Å². The van der Waals surface area contributed by atoms with Crippen LogP contribution in [-0.4, -0.2) is 12.5 Å². The van der Waals surface area contributed by atoms with Crippen molar-refractivity contribution in [2.24, 2.45) is 16.7 Å². The van der Waals surface area contributed by atoms with Gasteiger partial charge in [-0.05, 0) is 44.8 Å². The van der Waals surface area contributed by atoms with Crippen molar-refractivity contribution in [1.29, 1.82) is 0 Å². The summed E-state index contributed by atoms with van der Waals surface area (Å²) in [6, 6.07) is 2.58. The summed E-state index contributed by atoms with van der Waals surface area (Å²) in [4.78, 5) is 12.2. The molecule has 3 N–H and O–H groups in total. The summed E-state index contributed by atoms with van der Waals surface area (Å²) in [5.74, 6) is -0.324. The van der Waals surface area contributed by atoms with E-state index in [0.29, 0.717) is 22.5 Å². The Morgan fingerprint density at radius 1 is 1.35 bits per heavy atom. The highest BCUT2D eigenvalue weighted by Crippen LogP contribution is 2.67. The van der Waals surface area contributed by atoms with E-state index in [-0.39, 0.29) is 22.4 Å². The molecule has 20 heavy (non-hydrogen) atoms. The molecule has 3 nitrogen and oxygen atoms in total. The number of hydrogen-bond acceptors (Lipinski definition) is 2. The summed E-state index contributed by atoms with van der Waals surface area (Å²) in [5, 5.41) is 2.91. The molecule has 110 valence electrons. The maximum absolute atomic E-state index is 13.3. The van der Waals surface area contributed by atoms with Gasteiger partial charge in [-0.2, -0.15) is 0 Å². The Morgan fingerprint density at radius 3 is 2.40 bits per heavy atom. The molecule has 1 amide bonds. The molecule has 0 spiro atoms. The molecule has 5 heteroatoms. The van der Waals surface area contributed by atoms with E-state index >= 15 is 0 Å². The fourth-order valence-electron chi connectivity index (χ4n) is 2.87. The number of rotatable bonds is 3. The topological polar surface area (TPSA) is 55.1 Å². The molecule has 1 aliphatic carbocycles. The zero-order chi connectivity index (χ0) is 15.3. The number of benzene rings is 1. The molecule has 1 aromatic carbocycles. The fourth-order valence-corrected chi connectivity index (χ4v) is 3.37. The SMILES string of the molecule is CC1(C)C(CNC(=O)c2cc(N)c(F)cc2Br)C1(C)C. The Bertz CT molecular complexity index is 555. The first-order chi connectivity index (χ1) is 9.09. The molecule has 0 atom stereocenters. The molecule has 0 saturated heterocycles. The molecule has 1 fully saturated rings. The number of nitrogens with two attached hydrogens (primary N) is 1. The molecule has 1 aliphatic rings. The Morgan fingerprint density at radius 2 is 1.90 bits per heavy atom. The lowest BCUT2D eigenvalue weighted by molar-refractivity contribution is 0.0949. The Kier molecular flexibility index (Phi) is 3.61. The molecule has 0 aliphatic heterocycles. The average Bonchev–Trinajstić information content (AvgIpc) is 2.71. The number of nitrogens with one attached hydrogen (secondary N) is 1. The minimum atomic E-state index is -0.530. The van der Waals surface area contributed by atoms with Gasteiger partial charge in [-0.25, -0.2) is 4.39 Å². The van der Waals surface area contributed by atoms with Crippen molar-refractivity contribution in [3.8, 4) is 0 Å². The van der Waals surface area contributed by atoms with E-state index in [1.54, 1.807) is 0 Å². The number of nitrogen functional groups attached to an aromatic ring is 1. The van der Waals surface area contributed by atoms with Crippen LogP contribution in [0, 0.1) is 22.6 Å². The van der Waals surface area contributed by atoms with Crippen LogP contribution in [0.4, 0.5) is 10.1 Å². The van der Waals surface area contributed by atoms with Crippen LogP contribution in [0.15, 0.2) is 16.6 Å². The summed E-state index contributed by atoms with van der Waals surface area (Å²) in [7, 11) is 0. The van der Waals surface area contributed by atoms with Crippen LogP contribution in [0.1, 0.15) is 38.1 Å². The number of anilines is 1. The van der Waals surface area contributed by atoms with Crippen molar-refractivity contribution < 1.29 is 9.18 Å². The molecular formula is C15H20BrFN2O. The monoisotopic (exact) mass is 342 g/mol. The van der Waals surface area contributed by atoms with E-state index < -0.39 is 5.82 Å². The Labute approximate surface area is 127 Å². The van der Waals surface area contributed by atoms with Gasteiger partial charge in [0.25, 0.3) is 5.91 Å².